The van der Waals surface area contributed by atoms with Gasteiger partial charge in [-0.25, -0.2) is 4.79 Å². The number of carboxylic acids is 1. The molecule has 1 aromatic rings. The average molecular weight is 278 g/mol. The van der Waals surface area contributed by atoms with Crippen LogP contribution in [0.2, 0.25) is 0 Å². The van der Waals surface area contributed by atoms with E-state index in [-0.39, 0.29) is 11.5 Å². The van der Waals surface area contributed by atoms with Gasteiger partial charge in [0, 0.05) is 18.7 Å². The van der Waals surface area contributed by atoms with Crippen LogP contribution in [-0.4, -0.2) is 60.5 Å². The number of carboxylic acid groups (broad SMARTS) is 1. The number of carbonyl (C=O) groups excluding carboxylic acids is 1. The Labute approximate surface area is 119 Å². The number of hydrogen-bond acceptors (Lipinski definition) is 3. The van der Waals surface area contributed by atoms with E-state index in [2.05, 4.69) is 4.90 Å². The van der Waals surface area contributed by atoms with Crippen LogP contribution in [0.15, 0.2) is 24.3 Å². The van der Waals surface area contributed by atoms with E-state index in [1.54, 1.807) is 17.0 Å². The summed E-state index contributed by atoms with van der Waals surface area (Å²) < 4.78 is 0. The standard InChI is InChI=1S/C15H22N2O3/c1-4-17(11-5-10-16(2)3)14(18)12-6-8-13(9-7-12)15(19)20/h6-9H,4-5,10-11H2,1-3H3,(H,19,20). The van der Waals surface area contributed by atoms with Gasteiger partial charge < -0.3 is 14.9 Å². The summed E-state index contributed by atoms with van der Waals surface area (Å²) in [7, 11) is 4.01. The summed E-state index contributed by atoms with van der Waals surface area (Å²) >= 11 is 0. The first-order valence-corrected chi connectivity index (χ1v) is 6.73. The number of nitrogens with zero attached hydrogens (tertiary/aromatic N) is 2. The number of aromatic carboxylic acids is 1. The third kappa shape index (κ3) is 4.66. The second-order valence-electron chi connectivity index (χ2n) is 4.92. The Morgan fingerprint density at radius 3 is 2.05 bits per heavy atom. The Morgan fingerprint density at radius 1 is 1.05 bits per heavy atom. The highest BCUT2D eigenvalue weighted by atomic mass is 16.4. The fourth-order valence-electron chi connectivity index (χ4n) is 1.92. The van der Waals surface area contributed by atoms with Crippen molar-refractivity contribution in [1.29, 1.82) is 0 Å². The molecule has 0 aliphatic carbocycles. The van der Waals surface area contributed by atoms with Gasteiger partial charge in [-0.2, -0.15) is 0 Å². The highest BCUT2D eigenvalue weighted by molar-refractivity contribution is 5.95. The first-order valence-electron chi connectivity index (χ1n) is 6.73. The van der Waals surface area contributed by atoms with Crippen LogP contribution in [0.5, 0.6) is 0 Å². The second-order valence-corrected chi connectivity index (χ2v) is 4.92. The highest BCUT2D eigenvalue weighted by Crippen LogP contribution is 2.08. The van der Waals surface area contributed by atoms with Crippen LogP contribution in [-0.2, 0) is 0 Å². The van der Waals surface area contributed by atoms with E-state index in [1.807, 2.05) is 21.0 Å². The lowest BCUT2D eigenvalue weighted by Crippen LogP contribution is -2.33. The lowest BCUT2D eigenvalue weighted by atomic mass is 10.1. The van der Waals surface area contributed by atoms with Crippen molar-refractivity contribution in [3.05, 3.63) is 35.4 Å². The second kappa shape index (κ2) is 7.65. The van der Waals surface area contributed by atoms with E-state index >= 15 is 0 Å². The van der Waals surface area contributed by atoms with Gasteiger partial charge in [0.25, 0.3) is 5.91 Å². The van der Waals surface area contributed by atoms with Crippen LogP contribution < -0.4 is 0 Å². The van der Waals surface area contributed by atoms with Gasteiger partial charge in [-0.1, -0.05) is 0 Å². The third-order valence-electron chi connectivity index (χ3n) is 3.08. The summed E-state index contributed by atoms with van der Waals surface area (Å²) in [5.41, 5.74) is 0.721. The van der Waals surface area contributed by atoms with Gasteiger partial charge >= 0.3 is 5.97 Å². The predicted octanol–water partition coefficient (Wildman–Crippen LogP) is 1.80. The summed E-state index contributed by atoms with van der Waals surface area (Å²) in [5.74, 6) is -1.04. The Kier molecular flexibility index (Phi) is 6.18. The van der Waals surface area contributed by atoms with Crippen molar-refractivity contribution >= 4 is 11.9 Å². The molecule has 0 aliphatic heterocycles. The topological polar surface area (TPSA) is 60.9 Å². The van der Waals surface area contributed by atoms with Gasteiger partial charge in [0.05, 0.1) is 5.56 Å². The maximum Gasteiger partial charge on any atom is 0.335 e. The molecule has 110 valence electrons. The number of benzene rings is 1. The van der Waals surface area contributed by atoms with Gasteiger partial charge in [0.15, 0.2) is 0 Å². The van der Waals surface area contributed by atoms with E-state index < -0.39 is 5.97 Å². The zero-order chi connectivity index (χ0) is 15.1. The van der Waals surface area contributed by atoms with Crippen LogP contribution in [0.25, 0.3) is 0 Å². The minimum atomic E-state index is -0.984. The fourth-order valence-corrected chi connectivity index (χ4v) is 1.92. The van der Waals surface area contributed by atoms with Gasteiger partial charge in [-0.3, -0.25) is 4.79 Å². The molecular weight excluding hydrogens is 256 g/mol. The van der Waals surface area contributed by atoms with E-state index in [0.29, 0.717) is 18.7 Å². The monoisotopic (exact) mass is 278 g/mol. The van der Waals surface area contributed by atoms with Crippen molar-refractivity contribution in [1.82, 2.24) is 9.80 Å². The van der Waals surface area contributed by atoms with E-state index in [0.717, 1.165) is 13.0 Å². The zero-order valence-electron chi connectivity index (χ0n) is 12.3. The molecule has 0 saturated heterocycles. The van der Waals surface area contributed by atoms with Crippen molar-refractivity contribution in [2.75, 3.05) is 33.7 Å². The molecule has 0 fully saturated rings. The lowest BCUT2D eigenvalue weighted by Gasteiger charge is -2.22. The fraction of sp³-hybridized carbons (Fsp3) is 0.467. The first-order chi connectivity index (χ1) is 9.45. The maximum atomic E-state index is 12.3. The minimum absolute atomic E-state index is 0.0526. The number of rotatable bonds is 7. The van der Waals surface area contributed by atoms with Crippen LogP contribution in [0.4, 0.5) is 0 Å². The molecule has 0 spiro atoms. The molecule has 1 amide bonds. The summed E-state index contributed by atoms with van der Waals surface area (Å²) in [4.78, 5) is 26.9. The first kappa shape index (κ1) is 16.2. The summed E-state index contributed by atoms with van der Waals surface area (Å²) in [6, 6.07) is 6.06. The Balaban J connectivity index is 2.67. The van der Waals surface area contributed by atoms with Crippen LogP contribution in [0, 0.1) is 0 Å². The molecule has 0 saturated carbocycles. The molecule has 0 radical (unpaired) electrons. The summed E-state index contributed by atoms with van der Waals surface area (Å²) in [6.07, 6.45) is 0.916. The molecule has 0 aromatic heterocycles. The Bertz CT molecular complexity index is 455. The van der Waals surface area contributed by atoms with Gasteiger partial charge in [-0.15, -0.1) is 0 Å². The Morgan fingerprint density at radius 2 is 1.60 bits per heavy atom. The smallest absolute Gasteiger partial charge is 0.335 e. The molecule has 0 atom stereocenters. The molecule has 0 bridgehead atoms. The van der Waals surface area contributed by atoms with Crippen molar-refractivity contribution in [2.24, 2.45) is 0 Å². The highest BCUT2D eigenvalue weighted by Gasteiger charge is 2.14. The summed E-state index contributed by atoms with van der Waals surface area (Å²) in [5, 5.41) is 8.84. The predicted molar refractivity (Wildman–Crippen MR) is 78.1 cm³/mol. The molecule has 1 rings (SSSR count). The van der Waals surface area contributed by atoms with Gasteiger partial charge in [-0.05, 0) is 58.3 Å². The normalized spacial score (nSPS) is 10.6. The number of amides is 1. The molecular formula is C15H22N2O3. The van der Waals surface area contributed by atoms with E-state index in [9.17, 15) is 9.59 Å². The molecule has 1 N–H and O–H groups in total. The SMILES string of the molecule is CCN(CCCN(C)C)C(=O)c1ccc(C(=O)O)cc1. The molecule has 0 aliphatic rings. The van der Waals surface area contributed by atoms with Crippen molar-refractivity contribution < 1.29 is 14.7 Å². The van der Waals surface area contributed by atoms with Crippen LogP contribution >= 0.6 is 0 Å². The van der Waals surface area contributed by atoms with Crippen molar-refractivity contribution in [3.63, 3.8) is 0 Å². The van der Waals surface area contributed by atoms with Crippen LogP contribution in [0.1, 0.15) is 34.1 Å². The zero-order valence-corrected chi connectivity index (χ0v) is 12.3. The molecule has 0 unspecified atom stereocenters. The quantitative estimate of drug-likeness (QED) is 0.826. The van der Waals surface area contributed by atoms with Crippen molar-refractivity contribution in [2.45, 2.75) is 13.3 Å². The largest absolute Gasteiger partial charge is 0.478 e. The minimum Gasteiger partial charge on any atom is -0.478 e. The van der Waals surface area contributed by atoms with Gasteiger partial charge in [0.1, 0.15) is 0 Å². The maximum absolute atomic E-state index is 12.3. The third-order valence-corrected chi connectivity index (χ3v) is 3.08. The summed E-state index contributed by atoms with van der Waals surface area (Å²) in [6.45, 7) is 4.22. The molecule has 5 nitrogen and oxygen atoms in total. The average Bonchev–Trinajstić information content (AvgIpc) is 2.42. The van der Waals surface area contributed by atoms with Gasteiger partial charge in [0.2, 0.25) is 0 Å². The van der Waals surface area contributed by atoms with Crippen molar-refractivity contribution in [3.8, 4) is 0 Å². The molecule has 0 heterocycles. The molecule has 20 heavy (non-hydrogen) atoms. The number of hydrogen-bond donors (Lipinski definition) is 1. The molecule has 5 heteroatoms. The van der Waals surface area contributed by atoms with E-state index in [4.69, 9.17) is 5.11 Å². The van der Waals surface area contributed by atoms with Crippen LogP contribution in [0.3, 0.4) is 0 Å². The molecule has 1 aromatic carbocycles. The Hall–Kier alpha value is -1.88. The lowest BCUT2D eigenvalue weighted by molar-refractivity contribution is 0.0694. The number of carbonyl (C=O) groups is 2. The van der Waals surface area contributed by atoms with E-state index in [1.165, 1.54) is 12.1 Å².